The summed E-state index contributed by atoms with van der Waals surface area (Å²) >= 11 is 0. The van der Waals surface area contributed by atoms with Crippen LogP contribution in [0, 0.1) is 17.3 Å². The second-order valence-corrected chi connectivity index (χ2v) is 7.84. The summed E-state index contributed by atoms with van der Waals surface area (Å²) in [7, 11) is 1.89. The molecule has 3 aliphatic rings. The highest BCUT2D eigenvalue weighted by Gasteiger charge is 2.55. The zero-order valence-corrected chi connectivity index (χ0v) is 15.1. The minimum Gasteiger partial charge on any atom is -0.481 e. The fourth-order valence-electron chi connectivity index (χ4n) is 4.96. The molecular weight excluding hydrogens is 336 g/mol. The van der Waals surface area contributed by atoms with E-state index in [9.17, 15) is 14.7 Å². The van der Waals surface area contributed by atoms with E-state index in [1.54, 1.807) is 11.1 Å². The number of carboxylic acid groups (broad SMARTS) is 1. The van der Waals surface area contributed by atoms with Crippen molar-refractivity contribution in [3.8, 4) is 0 Å². The van der Waals surface area contributed by atoms with Crippen molar-refractivity contribution in [2.24, 2.45) is 24.3 Å². The largest absolute Gasteiger partial charge is 0.481 e. The summed E-state index contributed by atoms with van der Waals surface area (Å²) < 4.78 is 7.66. The van der Waals surface area contributed by atoms with Crippen LogP contribution in [0.15, 0.2) is 12.3 Å². The van der Waals surface area contributed by atoms with Crippen molar-refractivity contribution in [2.75, 3.05) is 26.2 Å². The van der Waals surface area contributed by atoms with E-state index in [4.69, 9.17) is 4.74 Å². The standard InChI is InChI=1S/C18H26N4O4/c1-21-14(4-7-20-21)15-12(5-8-26-15)9-19-17(25)22-10-13-3-2-6-18(13,11-22)16(23)24/h4,7,12-13,15H,2-3,5-6,8-11H2,1H3,(H,19,25)(H,23,24)/t12-,13-,15+,18+/m0/s1. The van der Waals surface area contributed by atoms with Crippen LogP contribution in [0.4, 0.5) is 4.79 Å². The SMILES string of the molecule is Cn1nccc1[C@@H]1OCC[C@H]1CNC(=O)N1C[C@@H]2CCC[C@@]2(C(=O)O)C1. The van der Waals surface area contributed by atoms with E-state index in [2.05, 4.69) is 10.4 Å². The molecule has 142 valence electrons. The molecule has 1 aromatic heterocycles. The maximum absolute atomic E-state index is 12.6. The average Bonchev–Trinajstić information content (AvgIpc) is 3.34. The lowest BCUT2D eigenvalue weighted by molar-refractivity contribution is -0.149. The molecule has 2 amide bonds. The van der Waals surface area contributed by atoms with Crippen LogP contribution in [-0.2, 0) is 16.6 Å². The zero-order valence-electron chi connectivity index (χ0n) is 15.1. The van der Waals surface area contributed by atoms with Gasteiger partial charge in [0, 0.05) is 45.4 Å². The van der Waals surface area contributed by atoms with Crippen molar-refractivity contribution in [2.45, 2.75) is 31.8 Å². The predicted octanol–water partition coefficient (Wildman–Crippen LogP) is 1.39. The summed E-state index contributed by atoms with van der Waals surface area (Å²) in [6.45, 7) is 2.07. The Morgan fingerprint density at radius 2 is 2.31 bits per heavy atom. The number of aliphatic carboxylic acids is 1. The highest BCUT2D eigenvalue weighted by Crippen LogP contribution is 2.48. The molecule has 1 saturated carbocycles. The fourth-order valence-corrected chi connectivity index (χ4v) is 4.96. The van der Waals surface area contributed by atoms with Gasteiger partial charge in [-0.25, -0.2) is 4.79 Å². The van der Waals surface area contributed by atoms with E-state index in [1.807, 2.05) is 17.8 Å². The van der Waals surface area contributed by atoms with Crippen LogP contribution in [0.1, 0.15) is 37.5 Å². The van der Waals surface area contributed by atoms with Crippen LogP contribution >= 0.6 is 0 Å². The normalized spacial score (nSPS) is 33.4. The Bertz CT molecular complexity index is 705. The second kappa shape index (κ2) is 6.57. The molecule has 2 aliphatic heterocycles. The topological polar surface area (TPSA) is 96.7 Å². The number of likely N-dealkylation sites (tertiary alicyclic amines) is 1. The van der Waals surface area contributed by atoms with E-state index >= 15 is 0 Å². The number of aryl methyl sites for hydroxylation is 1. The third-order valence-electron chi connectivity index (χ3n) is 6.46. The molecule has 8 heteroatoms. The molecule has 0 bridgehead atoms. The quantitative estimate of drug-likeness (QED) is 0.844. The van der Waals surface area contributed by atoms with E-state index in [0.717, 1.165) is 25.0 Å². The van der Waals surface area contributed by atoms with Crippen LogP contribution in [0.2, 0.25) is 0 Å². The molecule has 3 heterocycles. The second-order valence-electron chi connectivity index (χ2n) is 7.84. The van der Waals surface area contributed by atoms with Gasteiger partial charge in [0.1, 0.15) is 6.10 Å². The Balaban J connectivity index is 1.36. The Kier molecular flexibility index (Phi) is 4.38. The molecule has 4 atom stereocenters. The van der Waals surface area contributed by atoms with Crippen LogP contribution in [0.3, 0.4) is 0 Å². The van der Waals surface area contributed by atoms with E-state index in [1.165, 1.54) is 0 Å². The van der Waals surface area contributed by atoms with Gasteiger partial charge in [-0.1, -0.05) is 6.42 Å². The van der Waals surface area contributed by atoms with Crippen molar-refractivity contribution in [1.82, 2.24) is 20.0 Å². The molecule has 0 radical (unpaired) electrons. The molecule has 4 rings (SSSR count). The van der Waals surface area contributed by atoms with Gasteiger partial charge in [0.2, 0.25) is 0 Å². The number of rotatable bonds is 4. The highest BCUT2D eigenvalue weighted by molar-refractivity contribution is 5.80. The monoisotopic (exact) mass is 362 g/mol. The van der Waals surface area contributed by atoms with Gasteiger partial charge in [-0.15, -0.1) is 0 Å². The van der Waals surface area contributed by atoms with E-state index in [0.29, 0.717) is 32.7 Å². The van der Waals surface area contributed by atoms with E-state index in [-0.39, 0.29) is 24.0 Å². The Morgan fingerprint density at radius 1 is 1.46 bits per heavy atom. The van der Waals surface area contributed by atoms with Gasteiger partial charge in [-0.3, -0.25) is 9.48 Å². The maximum atomic E-state index is 12.6. The number of urea groups is 1. The first-order chi connectivity index (χ1) is 12.5. The van der Waals surface area contributed by atoms with Gasteiger partial charge in [0.05, 0.1) is 11.1 Å². The first-order valence-electron chi connectivity index (χ1n) is 9.37. The minimum absolute atomic E-state index is 0.0638. The molecule has 0 aromatic carbocycles. The van der Waals surface area contributed by atoms with Gasteiger partial charge < -0.3 is 20.1 Å². The van der Waals surface area contributed by atoms with Crippen molar-refractivity contribution in [3.05, 3.63) is 18.0 Å². The Morgan fingerprint density at radius 3 is 3.00 bits per heavy atom. The van der Waals surface area contributed by atoms with Gasteiger partial charge >= 0.3 is 12.0 Å². The van der Waals surface area contributed by atoms with Gasteiger partial charge in [-0.2, -0.15) is 5.10 Å². The van der Waals surface area contributed by atoms with Crippen LogP contribution < -0.4 is 5.32 Å². The fraction of sp³-hybridized carbons (Fsp3) is 0.722. The first kappa shape index (κ1) is 17.3. The maximum Gasteiger partial charge on any atom is 0.317 e. The molecule has 0 spiro atoms. The lowest BCUT2D eigenvalue weighted by Crippen LogP contribution is -2.43. The molecule has 1 aliphatic carbocycles. The molecule has 1 aromatic rings. The number of amides is 2. The summed E-state index contributed by atoms with van der Waals surface area (Å²) in [5.74, 6) is -0.469. The molecule has 3 fully saturated rings. The number of carbonyl (C=O) groups is 2. The summed E-state index contributed by atoms with van der Waals surface area (Å²) in [5.41, 5.74) is 0.285. The highest BCUT2D eigenvalue weighted by atomic mass is 16.5. The number of carboxylic acids is 1. The van der Waals surface area contributed by atoms with Gasteiger partial charge in [-0.05, 0) is 31.2 Å². The summed E-state index contributed by atoms with van der Waals surface area (Å²) in [5, 5.41) is 16.9. The molecular formula is C18H26N4O4. The summed E-state index contributed by atoms with van der Waals surface area (Å²) in [6.07, 6.45) is 5.09. The molecule has 2 saturated heterocycles. The van der Waals surface area contributed by atoms with E-state index < -0.39 is 11.4 Å². The number of hydrogen-bond donors (Lipinski definition) is 2. The molecule has 0 unspecified atom stereocenters. The third-order valence-corrected chi connectivity index (χ3v) is 6.46. The van der Waals surface area contributed by atoms with Crippen LogP contribution in [-0.4, -0.2) is 58.0 Å². The third kappa shape index (κ3) is 2.76. The number of hydrogen-bond acceptors (Lipinski definition) is 4. The van der Waals surface area contributed by atoms with Crippen molar-refractivity contribution in [3.63, 3.8) is 0 Å². The first-order valence-corrected chi connectivity index (χ1v) is 9.37. The van der Waals surface area contributed by atoms with Crippen molar-refractivity contribution >= 4 is 12.0 Å². The predicted molar refractivity (Wildman–Crippen MR) is 92.4 cm³/mol. The zero-order chi connectivity index (χ0) is 18.3. The Hall–Kier alpha value is -2.09. The number of nitrogens with zero attached hydrogens (tertiary/aromatic N) is 3. The minimum atomic E-state index is -0.754. The summed E-state index contributed by atoms with van der Waals surface area (Å²) in [4.78, 5) is 26.1. The van der Waals surface area contributed by atoms with Crippen molar-refractivity contribution in [1.29, 1.82) is 0 Å². The average molecular weight is 362 g/mol. The van der Waals surface area contributed by atoms with Gasteiger partial charge in [0.15, 0.2) is 0 Å². The van der Waals surface area contributed by atoms with Crippen molar-refractivity contribution < 1.29 is 19.4 Å². The summed E-state index contributed by atoms with van der Waals surface area (Å²) in [6, 6.07) is 1.79. The molecule has 26 heavy (non-hydrogen) atoms. The lowest BCUT2D eigenvalue weighted by atomic mass is 9.81. The number of fused-ring (bicyclic) bond motifs is 1. The lowest BCUT2D eigenvalue weighted by Gasteiger charge is -2.24. The Labute approximate surface area is 152 Å². The van der Waals surface area contributed by atoms with Gasteiger partial charge in [0.25, 0.3) is 0 Å². The van der Waals surface area contributed by atoms with Crippen LogP contribution in [0.25, 0.3) is 0 Å². The van der Waals surface area contributed by atoms with Crippen LogP contribution in [0.5, 0.6) is 0 Å². The molecule has 2 N–H and O–H groups in total. The number of aromatic nitrogens is 2. The molecule has 8 nitrogen and oxygen atoms in total. The smallest absolute Gasteiger partial charge is 0.317 e. The number of nitrogens with one attached hydrogen (secondary N) is 1. The number of carbonyl (C=O) groups excluding carboxylic acids is 1. The number of ether oxygens (including phenoxy) is 1.